The Morgan fingerprint density at radius 3 is 2.76 bits per heavy atom. The van der Waals surface area contributed by atoms with Crippen LogP contribution in [0.15, 0.2) is 24.3 Å². The van der Waals surface area contributed by atoms with Crippen LogP contribution in [0.5, 0.6) is 0 Å². The summed E-state index contributed by atoms with van der Waals surface area (Å²) in [5, 5.41) is 0. The van der Waals surface area contributed by atoms with Crippen LogP contribution >= 0.6 is 0 Å². The largest absolute Gasteiger partial charge is 0.327 e. The molecule has 1 aromatic carbocycles. The highest BCUT2D eigenvalue weighted by Crippen LogP contribution is 2.33. The zero-order valence-corrected chi connectivity index (χ0v) is 10.4. The standard InChI is InChI=1S/C15H22N2/c16-15(9-12-5-6-12)11-17-8-7-13-3-1-2-4-14(13)10-17/h1-4,12,15H,5-11,16H2. The third-order valence-corrected chi connectivity index (χ3v) is 4.04. The lowest BCUT2D eigenvalue weighted by molar-refractivity contribution is 0.232. The normalized spacial score (nSPS) is 22.2. The van der Waals surface area contributed by atoms with Crippen LogP contribution in [0.2, 0.25) is 0 Å². The Labute approximate surface area is 104 Å². The molecule has 1 fully saturated rings. The number of rotatable bonds is 4. The van der Waals surface area contributed by atoms with Crippen molar-refractivity contribution in [2.75, 3.05) is 13.1 Å². The van der Waals surface area contributed by atoms with Gasteiger partial charge in [-0.05, 0) is 29.9 Å². The summed E-state index contributed by atoms with van der Waals surface area (Å²) in [5.74, 6) is 0.946. The Kier molecular flexibility index (Phi) is 3.17. The predicted molar refractivity (Wildman–Crippen MR) is 70.7 cm³/mol. The van der Waals surface area contributed by atoms with Crippen molar-refractivity contribution in [2.24, 2.45) is 11.7 Å². The van der Waals surface area contributed by atoms with Gasteiger partial charge in [-0.3, -0.25) is 4.90 Å². The lowest BCUT2D eigenvalue weighted by atomic mass is 9.99. The second-order valence-corrected chi connectivity index (χ2v) is 5.69. The molecule has 0 bridgehead atoms. The van der Waals surface area contributed by atoms with Crippen molar-refractivity contribution >= 4 is 0 Å². The van der Waals surface area contributed by atoms with Crippen LogP contribution < -0.4 is 5.73 Å². The summed E-state index contributed by atoms with van der Waals surface area (Å²) in [5.41, 5.74) is 9.25. The summed E-state index contributed by atoms with van der Waals surface area (Å²) in [6.07, 6.45) is 5.25. The molecule has 92 valence electrons. The molecule has 2 N–H and O–H groups in total. The number of hydrogen-bond donors (Lipinski definition) is 1. The number of nitrogens with zero attached hydrogens (tertiary/aromatic N) is 1. The second-order valence-electron chi connectivity index (χ2n) is 5.69. The molecule has 3 rings (SSSR count). The van der Waals surface area contributed by atoms with Gasteiger partial charge in [0.15, 0.2) is 0 Å². The van der Waals surface area contributed by atoms with E-state index in [1.165, 1.54) is 43.4 Å². The molecule has 2 aliphatic rings. The van der Waals surface area contributed by atoms with E-state index in [2.05, 4.69) is 29.2 Å². The van der Waals surface area contributed by atoms with E-state index in [4.69, 9.17) is 5.73 Å². The third-order valence-electron chi connectivity index (χ3n) is 4.04. The third kappa shape index (κ3) is 2.88. The number of nitrogens with two attached hydrogens (primary N) is 1. The smallest absolute Gasteiger partial charge is 0.0237 e. The van der Waals surface area contributed by atoms with Gasteiger partial charge in [0.25, 0.3) is 0 Å². The first-order valence-corrected chi connectivity index (χ1v) is 6.86. The topological polar surface area (TPSA) is 29.3 Å². The Balaban J connectivity index is 1.56. The van der Waals surface area contributed by atoms with Crippen molar-refractivity contribution in [3.63, 3.8) is 0 Å². The van der Waals surface area contributed by atoms with E-state index in [1.807, 2.05) is 0 Å². The van der Waals surface area contributed by atoms with Crippen LogP contribution in [0, 0.1) is 5.92 Å². The van der Waals surface area contributed by atoms with Crippen molar-refractivity contribution < 1.29 is 0 Å². The minimum atomic E-state index is 0.382. The van der Waals surface area contributed by atoms with Gasteiger partial charge in [-0.25, -0.2) is 0 Å². The molecular formula is C15H22N2. The average molecular weight is 230 g/mol. The molecule has 0 saturated heterocycles. The van der Waals surface area contributed by atoms with Gasteiger partial charge in [0.1, 0.15) is 0 Å². The van der Waals surface area contributed by atoms with Gasteiger partial charge in [0, 0.05) is 25.7 Å². The number of hydrogen-bond acceptors (Lipinski definition) is 2. The number of benzene rings is 1. The van der Waals surface area contributed by atoms with E-state index < -0.39 is 0 Å². The van der Waals surface area contributed by atoms with Crippen molar-refractivity contribution in [3.05, 3.63) is 35.4 Å². The number of fused-ring (bicyclic) bond motifs is 1. The van der Waals surface area contributed by atoms with E-state index in [0.29, 0.717) is 6.04 Å². The zero-order valence-electron chi connectivity index (χ0n) is 10.4. The van der Waals surface area contributed by atoms with E-state index in [0.717, 1.165) is 19.0 Å². The van der Waals surface area contributed by atoms with Crippen molar-refractivity contribution in [3.8, 4) is 0 Å². The van der Waals surface area contributed by atoms with Crippen LogP contribution in [-0.2, 0) is 13.0 Å². The molecule has 1 heterocycles. The maximum absolute atomic E-state index is 6.22. The Morgan fingerprint density at radius 2 is 2.00 bits per heavy atom. The van der Waals surface area contributed by atoms with E-state index >= 15 is 0 Å². The average Bonchev–Trinajstić information content (AvgIpc) is 3.12. The Hall–Kier alpha value is -0.860. The summed E-state index contributed by atoms with van der Waals surface area (Å²) < 4.78 is 0. The Morgan fingerprint density at radius 1 is 1.24 bits per heavy atom. The monoisotopic (exact) mass is 230 g/mol. The first-order valence-electron chi connectivity index (χ1n) is 6.86. The molecule has 2 heteroatoms. The molecule has 2 nitrogen and oxygen atoms in total. The van der Waals surface area contributed by atoms with Crippen LogP contribution in [0.1, 0.15) is 30.4 Å². The highest BCUT2D eigenvalue weighted by Gasteiger charge is 2.25. The van der Waals surface area contributed by atoms with E-state index in [1.54, 1.807) is 0 Å². The quantitative estimate of drug-likeness (QED) is 0.859. The van der Waals surface area contributed by atoms with Crippen LogP contribution in [0.4, 0.5) is 0 Å². The summed E-state index contributed by atoms with van der Waals surface area (Å²) >= 11 is 0. The molecule has 1 saturated carbocycles. The summed E-state index contributed by atoms with van der Waals surface area (Å²) in [7, 11) is 0. The summed E-state index contributed by atoms with van der Waals surface area (Å²) in [4.78, 5) is 2.52. The minimum absolute atomic E-state index is 0.382. The fourth-order valence-corrected chi connectivity index (χ4v) is 2.90. The fraction of sp³-hybridized carbons (Fsp3) is 0.600. The molecule has 1 aromatic rings. The highest BCUT2D eigenvalue weighted by molar-refractivity contribution is 5.29. The van der Waals surface area contributed by atoms with Crippen LogP contribution in [0.3, 0.4) is 0 Å². The molecular weight excluding hydrogens is 208 g/mol. The molecule has 1 aliphatic carbocycles. The first kappa shape index (κ1) is 11.2. The lowest BCUT2D eigenvalue weighted by Crippen LogP contribution is -2.40. The highest BCUT2D eigenvalue weighted by atomic mass is 15.1. The molecule has 0 radical (unpaired) electrons. The molecule has 0 aromatic heterocycles. The molecule has 1 unspecified atom stereocenters. The van der Waals surface area contributed by atoms with Gasteiger partial charge in [0.2, 0.25) is 0 Å². The fourth-order valence-electron chi connectivity index (χ4n) is 2.90. The van der Waals surface area contributed by atoms with Crippen LogP contribution in [-0.4, -0.2) is 24.0 Å². The van der Waals surface area contributed by atoms with E-state index in [-0.39, 0.29) is 0 Å². The van der Waals surface area contributed by atoms with Crippen molar-refractivity contribution in [1.82, 2.24) is 4.90 Å². The summed E-state index contributed by atoms with van der Waals surface area (Å²) in [6, 6.07) is 9.19. The zero-order chi connectivity index (χ0) is 11.7. The van der Waals surface area contributed by atoms with Crippen LogP contribution in [0.25, 0.3) is 0 Å². The molecule has 1 atom stereocenters. The molecule has 17 heavy (non-hydrogen) atoms. The molecule has 0 amide bonds. The minimum Gasteiger partial charge on any atom is -0.327 e. The Bertz CT molecular complexity index is 384. The van der Waals surface area contributed by atoms with Crippen molar-refractivity contribution in [2.45, 2.75) is 38.3 Å². The van der Waals surface area contributed by atoms with Gasteiger partial charge in [0.05, 0.1) is 0 Å². The molecule has 1 aliphatic heterocycles. The van der Waals surface area contributed by atoms with Gasteiger partial charge in [-0.15, -0.1) is 0 Å². The maximum Gasteiger partial charge on any atom is 0.0237 e. The maximum atomic E-state index is 6.22. The van der Waals surface area contributed by atoms with Gasteiger partial charge < -0.3 is 5.73 Å². The van der Waals surface area contributed by atoms with Gasteiger partial charge in [-0.1, -0.05) is 37.1 Å². The second kappa shape index (κ2) is 4.79. The predicted octanol–water partition coefficient (Wildman–Crippen LogP) is 2.17. The van der Waals surface area contributed by atoms with Gasteiger partial charge >= 0.3 is 0 Å². The van der Waals surface area contributed by atoms with Crippen molar-refractivity contribution in [1.29, 1.82) is 0 Å². The SMILES string of the molecule is NC(CC1CC1)CN1CCc2ccccc2C1. The van der Waals surface area contributed by atoms with Gasteiger partial charge in [-0.2, -0.15) is 0 Å². The molecule has 0 spiro atoms. The van der Waals surface area contributed by atoms with E-state index in [9.17, 15) is 0 Å². The summed E-state index contributed by atoms with van der Waals surface area (Å²) in [6.45, 7) is 3.34. The first-order chi connectivity index (χ1) is 8.31. The lowest BCUT2D eigenvalue weighted by Gasteiger charge is -2.30.